The van der Waals surface area contributed by atoms with Crippen molar-refractivity contribution in [1.29, 1.82) is 0 Å². The number of hydrogen-bond acceptors (Lipinski definition) is 5. The molecule has 0 spiro atoms. The molecule has 0 aliphatic carbocycles. The molecule has 1 atom stereocenters. The monoisotopic (exact) mass is 369 g/mol. The van der Waals surface area contributed by atoms with Crippen LogP contribution in [0.3, 0.4) is 0 Å². The average molecular weight is 369 g/mol. The molecule has 0 saturated carbocycles. The van der Waals surface area contributed by atoms with Crippen LogP contribution in [0.2, 0.25) is 0 Å². The van der Waals surface area contributed by atoms with E-state index < -0.39 is 6.04 Å². The highest BCUT2D eigenvalue weighted by molar-refractivity contribution is 6.08. The highest BCUT2D eigenvalue weighted by atomic mass is 16.5. The van der Waals surface area contributed by atoms with Gasteiger partial charge >= 0.3 is 0 Å². The van der Waals surface area contributed by atoms with Crippen LogP contribution in [0.1, 0.15) is 13.8 Å². The van der Waals surface area contributed by atoms with Crippen LogP contribution in [-0.2, 0) is 9.59 Å². The molecule has 2 amide bonds. The van der Waals surface area contributed by atoms with E-state index in [9.17, 15) is 9.59 Å². The number of rotatable bonds is 6. The summed E-state index contributed by atoms with van der Waals surface area (Å²) in [5, 5.41) is 7.15. The molecule has 0 radical (unpaired) electrons. The minimum absolute atomic E-state index is 0.0105. The zero-order chi connectivity index (χ0) is 19.6. The first-order chi connectivity index (χ1) is 12.9. The van der Waals surface area contributed by atoms with Crippen molar-refractivity contribution in [1.82, 2.24) is 5.32 Å². The third-order valence-electron chi connectivity index (χ3n) is 4.42. The molecule has 7 nitrogen and oxygen atoms in total. The minimum Gasteiger partial charge on any atom is -0.495 e. The van der Waals surface area contributed by atoms with Gasteiger partial charge in [-0.1, -0.05) is 32.0 Å². The van der Waals surface area contributed by atoms with Gasteiger partial charge in [0.15, 0.2) is 0 Å². The van der Waals surface area contributed by atoms with E-state index in [1.54, 1.807) is 6.07 Å². The Labute approximate surface area is 156 Å². The molecule has 0 fully saturated rings. The second-order valence-electron chi connectivity index (χ2n) is 6.68. The van der Waals surface area contributed by atoms with Crippen molar-refractivity contribution in [2.45, 2.75) is 19.9 Å². The van der Waals surface area contributed by atoms with Crippen LogP contribution >= 0.6 is 0 Å². The first-order valence-electron chi connectivity index (χ1n) is 8.73. The van der Waals surface area contributed by atoms with Gasteiger partial charge in [-0.3, -0.25) is 9.59 Å². The number of methoxy groups -OCH3 is 1. The Bertz CT molecular complexity index is 993. The van der Waals surface area contributed by atoms with E-state index in [1.807, 2.05) is 44.2 Å². The molecule has 4 N–H and O–H groups in total. The summed E-state index contributed by atoms with van der Waals surface area (Å²) in [5.74, 6) is -0.246. The van der Waals surface area contributed by atoms with E-state index in [-0.39, 0.29) is 24.3 Å². The number of amides is 2. The number of nitrogens with two attached hydrogens (primary N) is 1. The number of benzene rings is 2. The van der Waals surface area contributed by atoms with E-state index >= 15 is 0 Å². The number of carbonyl (C=O) groups is 2. The highest BCUT2D eigenvalue weighted by Gasteiger charge is 2.18. The summed E-state index contributed by atoms with van der Waals surface area (Å²) >= 11 is 0. The topological polar surface area (TPSA) is 107 Å². The minimum atomic E-state index is -0.653. The van der Waals surface area contributed by atoms with Crippen LogP contribution in [0.25, 0.3) is 21.9 Å². The molecule has 2 aromatic carbocycles. The molecule has 0 aliphatic heterocycles. The SMILES string of the molecule is COc1cc2c(cc1NC(=O)CNC(=O)[C@@H](N)C(C)C)oc1ccccc12. The lowest BCUT2D eigenvalue weighted by Gasteiger charge is -2.15. The quantitative estimate of drug-likeness (QED) is 0.619. The maximum Gasteiger partial charge on any atom is 0.243 e. The van der Waals surface area contributed by atoms with Gasteiger partial charge in [0.2, 0.25) is 11.8 Å². The number of ether oxygens (including phenoxy) is 1. The van der Waals surface area contributed by atoms with Gasteiger partial charge < -0.3 is 25.5 Å². The molecule has 1 aromatic heterocycles. The van der Waals surface area contributed by atoms with E-state index in [0.717, 1.165) is 16.4 Å². The Morgan fingerprint density at radius 2 is 1.89 bits per heavy atom. The van der Waals surface area contributed by atoms with Crippen LogP contribution in [0.15, 0.2) is 40.8 Å². The molecule has 0 bridgehead atoms. The number of anilines is 1. The summed E-state index contributed by atoms with van der Waals surface area (Å²) in [6.07, 6.45) is 0. The van der Waals surface area contributed by atoms with Gasteiger partial charge in [0.25, 0.3) is 0 Å². The smallest absolute Gasteiger partial charge is 0.243 e. The summed E-state index contributed by atoms with van der Waals surface area (Å²) in [4.78, 5) is 24.1. The van der Waals surface area contributed by atoms with Crippen LogP contribution in [0, 0.1) is 5.92 Å². The lowest BCUT2D eigenvalue weighted by Crippen LogP contribution is -2.46. The number of hydrogen-bond donors (Lipinski definition) is 3. The molecular formula is C20H23N3O4. The second kappa shape index (κ2) is 7.67. The van der Waals surface area contributed by atoms with Crippen LogP contribution < -0.4 is 21.1 Å². The second-order valence-corrected chi connectivity index (χ2v) is 6.68. The van der Waals surface area contributed by atoms with E-state index in [2.05, 4.69) is 10.6 Å². The van der Waals surface area contributed by atoms with Crippen molar-refractivity contribution in [3.8, 4) is 5.75 Å². The Morgan fingerprint density at radius 3 is 2.59 bits per heavy atom. The molecule has 3 rings (SSSR count). The number of fused-ring (bicyclic) bond motifs is 3. The lowest BCUT2D eigenvalue weighted by atomic mass is 10.1. The van der Waals surface area contributed by atoms with E-state index in [4.69, 9.17) is 14.9 Å². The molecule has 27 heavy (non-hydrogen) atoms. The number of furan rings is 1. The maximum absolute atomic E-state index is 12.2. The molecule has 3 aromatic rings. The number of carbonyl (C=O) groups excluding carboxylic acids is 2. The van der Waals surface area contributed by atoms with Crippen LogP contribution in [-0.4, -0.2) is 31.5 Å². The zero-order valence-electron chi connectivity index (χ0n) is 15.5. The Morgan fingerprint density at radius 1 is 1.15 bits per heavy atom. The highest BCUT2D eigenvalue weighted by Crippen LogP contribution is 2.36. The number of nitrogens with one attached hydrogen (secondary N) is 2. The van der Waals surface area contributed by atoms with Crippen LogP contribution in [0.5, 0.6) is 5.75 Å². The van der Waals surface area contributed by atoms with Crippen molar-refractivity contribution in [3.05, 3.63) is 36.4 Å². The standard InChI is InChI=1S/C20H23N3O4/c1-11(2)19(21)20(25)22-10-18(24)23-14-9-16-13(8-17(14)26-3)12-6-4-5-7-15(12)27-16/h4-9,11,19H,10,21H2,1-3H3,(H,22,25)(H,23,24)/t19-/m0/s1. The maximum atomic E-state index is 12.2. The van der Waals surface area contributed by atoms with Crippen molar-refractivity contribution in [3.63, 3.8) is 0 Å². The summed E-state index contributed by atoms with van der Waals surface area (Å²) < 4.78 is 11.2. The van der Waals surface area contributed by atoms with Gasteiger partial charge in [-0.05, 0) is 18.1 Å². The van der Waals surface area contributed by atoms with Crippen molar-refractivity contribution in [2.75, 3.05) is 19.0 Å². The Kier molecular flexibility index (Phi) is 5.32. The summed E-state index contributed by atoms with van der Waals surface area (Å²) in [7, 11) is 1.53. The van der Waals surface area contributed by atoms with Gasteiger partial charge in [0, 0.05) is 16.8 Å². The lowest BCUT2D eigenvalue weighted by molar-refractivity contribution is -0.125. The summed E-state index contributed by atoms with van der Waals surface area (Å²) in [6.45, 7) is 3.51. The van der Waals surface area contributed by atoms with Crippen molar-refractivity contribution in [2.24, 2.45) is 11.7 Å². The fourth-order valence-electron chi connectivity index (χ4n) is 2.80. The molecule has 0 aliphatic rings. The van der Waals surface area contributed by atoms with Gasteiger partial charge in [0.1, 0.15) is 16.9 Å². The van der Waals surface area contributed by atoms with E-state index in [1.165, 1.54) is 7.11 Å². The molecule has 1 heterocycles. The third-order valence-corrected chi connectivity index (χ3v) is 4.42. The zero-order valence-corrected chi connectivity index (χ0v) is 15.5. The average Bonchev–Trinajstić information content (AvgIpc) is 3.02. The largest absolute Gasteiger partial charge is 0.495 e. The number of para-hydroxylation sites is 1. The molecule has 0 saturated heterocycles. The predicted octanol–water partition coefficient (Wildman–Crippen LogP) is 2.63. The predicted molar refractivity (Wildman–Crippen MR) is 105 cm³/mol. The molecular weight excluding hydrogens is 346 g/mol. The molecule has 7 heteroatoms. The van der Waals surface area contributed by atoms with E-state index in [0.29, 0.717) is 17.0 Å². The molecule has 0 unspecified atom stereocenters. The van der Waals surface area contributed by atoms with Gasteiger partial charge in [0.05, 0.1) is 25.4 Å². The Balaban J connectivity index is 1.78. The first kappa shape index (κ1) is 18.7. The summed E-state index contributed by atoms with van der Waals surface area (Å²) in [5.41, 5.74) is 7.63. The summed E-state index contributed by atoms with van der Waals surface area (Å²) in [6, 6.07) is 10.6. The Hall–Kier alpha value is -3.06. The molecule has 142 valence electrons. The van der Waals surface area contributed by atoms with Gasteiger partial charge in [-0.25, -0.2) is 0 Å². The fourth-order valence-corrected chi connectivity index (χ4v) is 2.80. The fraction of sp³-hybridized carbons (Fsp3) is 0.300. The third kappa shape index (κ3) is 3.88. The normalized spacial score (nSPS) is 12.3. The van der Waals surface area contributed by atoms with Crippen LogP contribution in [0.4, 0.5) is 5.69 Å². The van der Waals surface area contributed by atoms with Crippen molar-refractivity contribution >= 4 is 39.4 Å². The van der Waals surface area contributed by atoms with Crippen molar-refractivity contribution < 1.29 is 18.7 Å². The first-order valence-corrected chi connectivity index (χ1v) is 8.73. The van der Waals surface area contributed by atoms with Gasteiger partial charge in [-0.15, -0.1) is 0 Å². The van der Waals surface area contributed by atoms with Gasteiger partial charge in [-0.2, -0.15) is 0 Å².